The average Bonchev–Trinajstić information content (AvgIpc) is 2.46. The van der Waals surface area contributed by atoms with Crippen LogP contribution in [-0.2, 0) is 0 Å². The van der Waals surface area contributed by atoms with Crippen LogP contribution in [0.4, 0.5) is 0 Å². The Morgan fingerprint density at radius 3 is 2.52 bits per heavy atom. The van der Waals surface area contributed by atoms with E-state index in [4.69, 9.17) is 9.47 Å². The second-order valence-electron chi connectivity index (χ2n) is 5.84. The lowest BCUT2D eigenvalue weighted by atomic mass is 10.1. The topological polar surface area (TPSA) is 45.2 Å². The van der Waals surface area contributed by atoms with E-state index in [1.807, 2.05) is 25.2 Å². The van der Waals surface area contributed by atoms with Gasteiger partial charge in [-0.15, -0.1) is 0 Å². The molecule has 1 aliphatic heterocycles. The van der Waals surface area contributed by atoms with Crippen molar-refractivity contribution in [2.75, 3.05) is 54.0 Å². The molecule has 0 saturated carbocycles. The Kier molecular flexibility index (Phi) is 5.85. The third kappa shape index (κ3) is 4.88. The Morgan fingerprint density at radius 1 is 1.10 bits per heavy atom. The highest BCUT2D eigenvalue weighted by molar-refractivity contribution is 5.44. The first kappa shape index (κ1) is 16.1. The highest BCUT2D eigenvalue weighted by Gasteiger charge is 2.16. The molecule has 1 aromatic rings. The van der Waals surface area contributed by atoms with Gasteiger partial charge in [-0.25, -0.2) is 0 Å². The number of ether oxygens (including phenoxy) is 2. The average molecular weight is 294 g/mol. The lowest BCUT2D eigenvalue weighted by Crippen LogP contribution is -2.28. The number of likely N-dealkylation sites (N-methyl/N-ethyl adjacent to an activating group) is 1. The molecule has 0 spiro atoms. The van der Waals surface area contributed by atoms with Crippen LogP contribution in [-0.4, -0.2) is 68.9 Å². The van der Waals surface area contributed by atoms with Crippen LogP contribution in [0.5, 0.6) is 11.5 Å². The van der Waals surface area contributed by atoms with Gasteiger partial charge in [-0.3, -0.25) is 0 Å². The van der Waals surface area contributed by atoms with E-state index in [0.717, 1.165) is 36.6 Å². The molecule has 5 heteroatoms. The van der Waals surface area contributed by atoms with Crippen molar-refractivity contribution >= 4 is 0 Å². The molecular formula is C16H26N2O3. The fraction of sp³-hybridized carbons (Fsp3) is 0.625. The Morgan fingerprint density at radius 2 is 1.81 bits per heavy atom. The number of fused-ring (bicyclic) bond motifs is 1. The molecule has 1 unspecified atom stereocenters. The molecule has 0 aromatic heterocycles. The van der Waals surface area contributed by atoms with Gasteiger partial charge in [0.25, 0.3) is 0 Å². The minimum atomic E-state index is -0.509. The number of rotatable bonds is 7. The van der Waals surface area contributed by atoms with Crippen LogP contribution >= 0.6 is 0 Å². The minimum absolute atomic E-state index is 0.509. The third-order valence-corrected chi connectivity index (χ3v) is 3.58. The highest BCUT2D eigenvalue weighted by Crippen LogP contribution is 2.32. The van der Waals surface area contributed by atoms with Crippen molar-refractivity contribution in [3.8, 4) is 11.5 Å². The van der Waals surface area contributed by atoms with Crippen molar-refractivity contribution in [3.05, 3.63) is 23.8 Å². The summed E-state index contributed by atoms with van der Waals surface area (Å²) in [4.78, 5) is 4.33. The zero-order valence-electron chi connectivity index (χ0n) is 13.2. The van der Waals surface area contributed by atoms with Gasteiger partial charge in [-0.1, -0.05) is 6.07 Å². The standard InChI is InChI=1S/C16H26N2O3/c1-17(2)7-4-8-18(3)12-14(19)13-5-6-15-16(11-13)21-10-9-20-15/h5-6,11,14,19H,4,7-10,12H2,1-3H3. The van der Waals surface area contributed by atoms with Crippen LogP contribution in [0.3, 0.4) is 0 Å². The summed E-state index contributed by atoms with van der Waals surface area (Å²) in [5.74, 6) is 1.49. The van der Waals surface area contributed by atoms with Crippen molar-refractivity contribution in [2.45, 2.75) is 12.5 Å². The van der Waals surface area contributed by atoms with Crippen LogP contribution in [0.1, 0.15) is 18.1 Å². The van der Waals surface area contributed by atoms with Crippen molar-refractivity contribution < 1.29 is 14.6 Å². The Bertz CT molecular complexity index is 451. The van der Waals surface area contributed by atoms with E-state index in [2.05, 4.69) is 23.9 Å². The van der Waals surface area contributed by atoms with E-state index in [9.17, 15) is 5.11 Å². The number of hydrogen-bond donors (Lipinski definition) is 1. The Balaban J connectivity index is 1.86. The predicted octanol–water partition coefficient (Wildman–Crippen LogP) is 1.37. The summed E-state index contributed by atoms with van der Waals surface area (Å²) in [7, 11) is 6.19. The van der Waals surface area contributed by atoms with Crippen molar-refractivity contribution in [2.24, 2.45) is 0 Å². The van der Waals surface area contributed by atoms with Crippen LogP contribution in [0.2, 0.25) is 0 Å². The molecule has 1 atom stereocenters. The number of hydrogen-bond acceptors (Lipinski definition) is 5. The Labute approximate surface area is 127 Å². The summed E-state index contributed by atoms with van der Waals surface area (Å²) in [6.45, 7) is 3.80. The molecule has 1 N–H and O–H groups in total. The van der Waals surface area contributed by atoms with Gasteiger partial charge in [0.2, 0.25) is 0 Å². The van der Waals surface area contributed by atoms with Crippen LogP contribution in [0.25, 0.3) is 0 Å². The summed E-state index contributed by atoms with van der Waals surface area (Å²) in [6.07, 6.45) is 0.586. The quantitative estimate of drug-likeness (QED) is 0.823. The molecule has 1 heterocycles. The summed E-state index contributed by atoms with van der Waals surface area (Å²) in [6, 6.07) is 5.66. The van der Waals surface area contributed by atoms with Gasteiger partial charge in [0.05, 0.1) is 6.10 Å². The molecule has 1 aliphatic rings. The highest BCUT2D eigenvalue weighted by atomic mass is 16.6. The van der Waals surface area contributed by atoms with E-state index < -0.39 is 6.10 Å². The van der Waals surface area contributed by atoms with E-state index in [0.29, 0.717) is 19.8 Å². The smallest absolute Gasteiger partial charge is 0.161 e. The fourth-order valence-corrected chi connectivity index (χ4v) is 2.42. The molecule has 118 valence electrons. The van der Waals surface area contributed by atoms with Gasteiger partial charge >= 0.3 is 0 Å². The van der Waals surface area contributed by atoms with Gasteiger partial charge in [0.15, 0.2) is 11.5 Å². The number of aliphatic hydroxyl groups is 1. The van der Waals surface area contributed by atoms with E-state index in [1.165, 1.54) is 0 Å². The summed E-state index contributed by atoms with van der Waals surface area (Å²) >= 11 is 0. The fourth-order valence-electron chi connectivity index (χ4n) is 2.42. The lowest BCUT2D eigenvalue weighted by molar-refractivity contribution is 0.123. The van der Waals surface area contributed by atoms with Crippen molar-refractivity contribution in [1.29, 1.82) is 0 Å². The SMILES string of the molecule is CN(C)CCCN(C)CC(O)c1ccc2c(c1)OCCO2. The normalized spacial score (nSPS) is 15.5. The monoisotopic (exact) mass is 294 g/mol. The molecule has 0 aliphatic carbocycles. The second kappa shape index (κ2) is 7.64. The molecule has 21 heavy (non-hydrogen) atoms. The van der Waals surface area contributed by atoms with Crippen molar-refractivity contribution in [1.82, 2.24) is 9.80 Å². The number of benzene rings is 1. The molecule has 1 aromatic carbocycles. The summed E-state index contributed by atoms with van der Waals surface area (Å²) in [5.41, 5.74) is 0.874. The Hall–Kier alpha value is -1.30. The lowest BCUT2D eigenvalue weighted by Gasteiger charge is -2.23. The van der Waals surface area contributed by atoms with Crippen LogP contribution in [0.15, 0.2) is 18.2 Å². The van der Waals surface area contributed by atoms with E-state index >= 15 is 0 Å². The van der Waals surface area contributed by atoms with E-state index in [-0.39, 0.29) is 0 Å². The first-order chi connectivity index (χ1) is 10.1. The zero-order chi connectivity index (χ0) is 15.2. The number of aliphatic hydroxyl groups excluding tert-OH is 1. The molecule has 0 fully saturated rings. The summed E-state index contributed by atoms with van der Waals surface area (Å²) < 4.78 is 11.0. The molecule has 2 rings (SSSR count). The molecule has 0 saturated heterocycles. The second-order valence-corrected chi connectivity index (χ2v) is 5.84. The molecular weight excluding hydrogens is 268 g/mol. The molecule has 0 amide bonds. The maximum absolute atomic E-state index is 10.4. The first-order valence-electron chi connectivity index (χ1n) is 7.47. The van der Waals surface area contributed by atoms with Gasteiger partial charge in [0, 0.05) is 6.54 Å². The largest absolute Gasteiger partial charge is 0.486 e. The third-order valence-electron chi connectivity index (χ3n) is 3.58. The van der Waals surface area contributed by atoms with Gasteiger partial charge in [-0.05, 0) is 58.3 Å². The minimum Gasteiger partial charge on any atom is -0.486 e. The van der Waals surface area contributed by atoms with Gasteiger partial charge < -0.3 is 24.4 Å². The van der Waals surface area contributed by atoms with Crippen molar-refractivity contribution in [3.63, 3.8) is 0 Å². The molecule has 5 nitrogen and oxygen atoms in total. The maximum atomic E-state index is 10.4. The maximum Gasteiger partial charge on any atom is 0.161 e. The predicted molar refractivity (Wildman–Crippen MR) is 83.1 cm³/mol. The van der Waals surface area contributed by atoms with Gasteiger partial charge in [0.1, 0.15) is 13.2 Å². The van der Waals surface area contributed by atoms with Crippen LogP contribution in [0, 0.1) is 0 Å². The van der Waals surface area contributed by atoms with E-state index in [1.54, 1.807) is 0 Å². The van der Waals surface area contributed by atoms with Gasteiger partial charge in [-0.2, -0.15) is 0 Å². The molecule has 0 bridgehead atoms. The number of nitrogens with zero attached hydrogens (tertiary/aromatic N) is 2. The zero-order valence-corrected chi connectivity index (χ0v) is 13.2. The first-order valence-corrected chi connectivity index (χ1v) is 7.47. The molecule has 0 radical (unpaired) electrons. The van der Waals surface area contributed by atoms with Crippen LogP contribution < -0.4 is 9.47 Å². The summed E-state index contributed by atoms with van der Waals surface area (Å²) in [5, 5.41) is 10.4.